The van der Waals surface area contributed by atoms with Gasteiger partial charge in [0.1, 0.15) is 5.75 Å². The number of primary amides is 1. The van der Waals surface area contributed by atoms with Crippen LogP contribution in [0.1, 0.15) is 24.1 Å². The van der Waals surface area contributed by atoms with Gasteiger partial charge in [0.25, 0.3) is 5.56 Å². The number of hydrogen-bond acceptors (Lipinski definition) is 5. The van der Waals surface area contributed by atoms with E-state index in [0.717, 1.165) is 11.3 Å². The minimum absolute atomic E-state index is 0.256. The zero-order valence-electron chi connectivity index (χ0n) is 16.3. The molecule has 2 N–H and O–H groups in total. The molecule has 0 saturated carbocycles. The van der Waals surface area contributed by atoms with Crippen molar-refractivity contribution in [2.75, 3.05) is 7.11 Å². The van der Waals surface area contributed by atoms with Crippen LogP contribution >= 0.6 is 22.9 Å². The second-order valence-electron chi connectivity index (χ2n) is 6.74. The Morgan fingerprint density at radius 2 is 1.93 bits per heavy atom. The zero-order chi connectivity index (χ0) is 21.4. The van der Waals surface area contributed by atoms with Crippen molar-refractivity contribution in [1.82, 2.24) is 4.57 Å². The molecule has 1 atom stereocenters. The second-order valence-corrected chi connectivity index (χ2v) is 8.16. The topological polar surface area (TPSA) is 86.7 Å². The number of allylic oxidation sites excluding steroid dienone is 1. The lowest BCUT2D eigenvalue weighted by atomic mass is 9.95. The predicted octanol–water partition coefficient (Wildman–Crippen LogP) is 2.38. The van der Waals surface area contributed by atoms with Crippen LogP contribution in [-0.2, 0) is 4.79 Å². The standard InChI is InChI=1S/C22H18ClN3O3S/c1-12-18(20(24)27)19(15-5-3-4-6-16(15)23)26-21(28)17(30-22(26)25-12)11-13-7-9-14(29-2)10-8-13/h3-11,19H,1-2H3,(H2,24,27)/b17-11+/t19-/m0/s1. The summed E-state index contributed by atoms with van der Waals surface area (Å²) >= 11 is 7.68. The number of halogens is 1. The van der Waals surface area contributed by atoms with Crippen LogP contribution in [0.4, 0.5) is 0 Å². The number of ether oxygens (including phenoxy) is 1. The van der Waals surface area contributed by atoms with E-state index in [2.05, 4.69) is 4.99 Å². The molecular weight excluding hydrogens is 422 g/mol. The Morgan fingerprint density at radius 1 is 1.23 bits per heavy atom. The first-order valence-corrected chi connectivity index (χ1v) is 10.3. The summed E-state index contributed by atoms with van der Waals surface area (Å²) in [6.07, 6.45) is 1.79. The summed E-state index contributed by atoms with van der Waals surface area (Å²) < 4.78 is 7.17. The maximum absolute atomic E-state index is 13.4. The lowest BCUT2D eigenvalue weighted by Gasteiger charge is -2.24. The van der Waals surface area contributed by atoms with Gasteiger partial charge in [-0.3, -0.25) is 14.2 Å². The molecule has 4 rings (SSSR count). The highest BCUT2D eigenvalue weighted by atomic mass is 35.5. The fourth-order valence-corrected chi connectivity index (χ4v) is 4.76. The van der Waals surface area contributed by atoms with Gasteiger partial charge in [0.15, 0.2) is 4.80 Å². The summed E-state index contributed by atoms with van der Waals surface area (Å²) in [7, 11) is 1.60. The molecular formula is C22H18ClN3O3S. The normalized spacial score (nSPS) is 16.2. The molecule has 0 saturated heterocycles. The Bertz CT molecular complexity index is 1350. The van der Waals surface area contributed by atoms with Gasteiger partial charge in [-0.05, 0) is 42.3 Å². The monoisotopic (exact) mass is 439 g/mol. The molecule has 0 aliphatic carbocycles. The maximum Gasteiger partial charge on any atom is 0.271 e. The molecule has 0 unspecified atom stereocenters. The van der Waals surface area contributed by atoms with Gasteiger partial charge in [-0.1, -0.05) is 53.3 Å². The molecule has 1 amide bonds. The first-order valence-electron chi connectivity index (χ1n) is 9.11. The number of carbonyl (C=O) groups is 1. The molecule has 3 aromatic rings. The van der Waals surface area contributed by atoms with E-state index < -0.39 is 11.9 Å². The third-order valence-corrected chi connectivity index (χ3v) is 6.23. The minimum atomic E-state index is -0.731. The third kappa shape index (κ3) is 3.46. The van der Waals surface area contributed by atoms with Crippen LogP contribution in [0.3, 0.4) is 0 Å². The molecule has 1 aliphatic rings. The molecule has 0 bridgehead atoms. The highest BCUT2D eigenvalue weighted by Crippen LogP contribution is 2.33. The van der Waals surface area contributed by atoms with Crippen LogP contribution in [-0.4, -0.2) is 17.6 Å². The first-order chi connectivity index (χ1) is 14.4. The van der Waals surface area contributed by atoms with Crippen molar-refractivity contribution in [3.8, 4) is 5.75 Å². The smallest absolute Gasteiger partial charge is 0.271 e. The van der Waals surface area contributed by atoms with Gasteiger partial charge >= 0.3 is 0 Å². The Morgan fingerprint density at radius 3 is 2.57 bits per heavy atom. The van der Waals surface area contributed by atoms with E-state index in [0.29, 0.717) is 25.6 Å². The van der Waals surface area contributed by atoms with Crippen LogP contribution in [0.25, 0.3) is 6.08 Å². The summed E-state index contributed by atoms with van der Waals surface area (Å²) in [6.45, 7) is 1.71. The van der Waals surface area contributed by atoms with Gasteiger partial charge in [-0.2, -0.15) is 0 Å². The molecule has 0 radical (unpaired) electrons. The number of aromatic nitrogens is 1. The zero-order valence-corrected chi connectivity index (χ0v) is 17.8. The number of nitrogens with two attached hydrogens (primary N) is 1. The van der Waals surface area contributed by atoms with Crippen molar-refractivity contribution >= 4 is 34.9 Å². The summed E-state index contributed by atoms with van der Waals surface area (Å²) in [5.74, 6) is 0.0969. The fraction of sp³-hybridized carbons (Fsp3) is 0.136. The highest BCUT2D eigenvalue weighted by Gasteiger charge is 2.32. The van der Waals surface area contributed by atoms with Gasteiger partial charge < -0.3 is 10.5 Å². The maximum atomic E-state index is 13.4. The summed E-state index contributed by atoms with van der Waals surface area (Å²) in [5, 5.41) is 0.445. The van der Waals surface area contributed by atoms with Crippen LogP contribution in [0, 0.1) is 0 Å². The number of amides is 1. The minimum Gasteiger partial charge on any atom is -0.497 e. The Balaban J connectivity index is 1.96. The fourth-order valence-electron chi connectivity index (χ4n) is 3.48. The van der Waals surface area contributed by atoms with Crippen LogP contribution < -0.4 is 25.4 Å². The molecule has 0 fully saturated rings. The van der Waals surface area contributed by atoms with Gasteiger partial charge in [0.2, 0.25) is 5.91 Å². The summed E-state index contributed by atoms with van der Waals surface area (Å²) in [5.41, 5.74) is 7.62. The quantitative estimate of drug-likeness (QED) is 0.677. The average Bonchev–Trinajstić information content (AvgIpc) is 3.02. The summed E-state index contributed by atoms with van der Waals surface area (Å²) in [4.78, 5) is 30.6. The molecule has 6 nitrogen and oxygen atoms in total. The first kappa shape index (κ1) is 20.1. The van der Waals surface area contributed by atoms with E-state index in [4.69, 9.17) is 22.1 Å². The molecule has 2 heterocycles. The lowest BCUT2D eigenvalue weighted by Crippen LogP contribution is -2.40. The number of benzene rings is 2. The molecule has 1 aromatic heterocycles. The average molecular weight is 440 g/mol. The van der Waals surface area contributed by atoms with Crippen molar-refractivity contribution in [2.24, 2.45) is 10.7 Å². The molecule has 1 aliphatic heterocycles. The summed E-state index contributed by atoms with van der Waals surface area (Å²) in [6, 6.07) is 13.8. The number of nitrogens with zero attached hydrogens (tertiary/aromatic N) is 2. The van der Waals surface area contributed by atoms with Gasteiger partial charge in [0.05, 0.1) is 29.0 Å². The Hall–Kier alpha value is -3.16. The van der Waals surface area contributed by atoms with Crippen LogP contribution in [0.5, 0.6) is 5.75 Å². The van der Waals surface area contributed by atoms with Gasteiger partial charge in [-0.15, -0.1) is 0 Å². The van der Waals surface area contributed by atoms with Gasteiger partial charge in [-0.25, -0.2) is 4.99 Å². The SMILES string of the molecule is COc1ccc(/C=c2/sc3n(c2=O)[C@@H](c2ccccc2Cl)C(C(N)=O)=C(C)N=3)cc1. The number of fused-ring (bicyclic) bond motifs is 1. The van der Waals surface area contributed by atoms with Crippen molar-refractivity contribution in [3.05, 3.63) is 95.6 Å². The van der Waals surface area contributed by atoms with Crippen LogP contribution in [0.15, 0.2) is 69.6 Å². The number of hydrogen-bond donors (Lipinski definition) is 1. The second kappa shape index (κ2) is 7.93. The number of carbonyl (C=O) groups excluding carboxylic acids is 1. The van der Waals surface area contributed by atoms with E-state index in [1.165, 1.54) is 15.9 Å². The van der Waals surface area contributed by atoms with Crippen molar-refractivity contribution in [2.45, 2.75) is 13.0 Å². The van der Waals surface area contributed by atoms with E-state index in [9.17, 15) is 9.59 Å². The van der Waals surface area contributed by atoms with E-state index in [-0.39, 0.29) is 11.1 Å². The molecule has 0 spiro atoms. The Kier molecular flexibility index (Phi) is 5.32. The number of rotatable bonds is 4. The highest BCUT2D eigenvalue weighted by molar-refractivity contribution is 7.07. The largest absolute Gasteiger partial charge is 0.497 e. The molecule has 2 aromatic carbocycles. The number of thiazole rings is 1. The number of methoxy groups -OCH3 is 1. The predicted molar refractivity (Wildman–Crippen MR) is 117 cm³/mol. The lowest BCUT2D eigenvalue weighted by molar-refractivity contribution is -0.115. The Labute approximate surface area is 181 Å². The van der Waals surface area contributed by atoms with E-state index in [1.54, 1.807) is 38.3 Å². The van der Waals surface area contributed by atoms with Crippen LogP contribution in [0.2, 0.25) is 5.02 Å². The van der Waals surface area contributed by atoms with Crippen molar-refractivity contribution in [1.29, 1.82) is 0 Å². The van der Waals surface area contributed by atoms with Crippen molar-refractivity contribution in [3.63, 3.8) is 0 Å². The van der Waals surface area contributed by atoms with Gasteiger partial charge in [0, 0.05) is 5.02 Å². The molecule has 152 valence electrons. The van der Waals surface area contributed by atoms with E-state index in [1.807, 2.05) is 30.3 Å². The molecule has 30 heavy (non-hydrogen) atoms. The van der Waals surface area contributed by atoms with E-state index >= 15 is 0 Å². The third-order valence-electron chi connectivity index (χ3n) is 4.90. The molecule has 8 heteroatoms. The van der Waals surface area contributed by atoms with Crippen molar-refractivity contribution < 1.29 is 9.53 Å².